The van der Waals surface area contributed by atoms with Crippen LogP contribution in [0.4, 0.5) is 5.13 Å². The number of rotatable bonds is 5. The Morgan fingerprint density at radius 1 is 1.38 bits per heavy atom. The third-order valence-electron chi connectivity index (χ3n) is 3.53. The quantitative estimate of drug-likeness (QED) is 0.905. The number of hydrogen-bond acceptors (Lipinski definition) is 6. The molecule has 0 radical (unpaired) electrons. The molecule has 0 aromatic carbocycles. The summed E-state index contributed by atoms with van der Waals surface area (Å²) in [6, 6.07) is 3.39. The molecule has 0 spiro atoms. The van der Waals surface area contributed by atoms with Crippen LogP contribution in [-0.2, 0) is 10.0 Å². The molecule has 0 aliphatic carbocycles. The Morgan fingerprint density at radius 3 is 3.00 bits per heavy atom. The van der Waals surface area contributed by atoms with Crippen molar-refractivity contribution in [1.29, 1.82) is 0 Å². The number of nitrogens with one attached hydrogen (secondary N) is 1. The van der Waals surface area contributed by atoms with Crippen LogP contribution >= 0.6 is 22.7 Å². The van der Waals surface area contributed by atoms with Gasteiger partial charge in [-0.1, -0.05) is 6.07 Å². The number of thiazole rings is 1. The standard InChI is InChI=1S/C13H17N3O2S3/c17-21(18,12-4-2-7-19-12)15-9-11-3-1-6-16(10-11)13-14-5-8-20-13/h2,4-5,7-8,11,15H,1,3,6,9-10H2/t11-/m0/s1. The molecule has 1 N–H and O–H groups in total. The molecular weight excluding hydrogens is 326 g/mol. The van der Waals surface area contributed by atoms with E-state index in [-0.39, 0.29) is 0 Å². The summed E-state index contributed by atoms with van der Waals surface area (Å²) in [6.07, 6.45) is 3.93. The second-order valence-electron chi connectivity index (χ2n) is 5.05. The molecule has 0 unspecified atom stereocenters. The van der Waals surface area contributed by atoms with E-state index < -0.39 is 10.0 Å². The van der Waals surface area contributed by atoms with Crippen molar-refractivity contribution in [2.45, 2.75) is 17.1 Å². The minimum Gasteiger partial charge on any atom is -0.348 e. The predicted octanol–water partition coefficient (Wildman–Crippen LogP) is 2.40. The molecule has 0 saturated carbocycles. The fourth-order valence-corrected chi connectivity index (χ4v) is 5.33. The van der Waals surface area contributed by atoms with Gasteiger partial charge in [0.05, 0.1) is 0 Å². The highest BCUT2D eigenvalue weighted by atomic mass is 32.2. The van der Waals surface area contributed by atoms with Gasteiger partial charge in [-0.25, -0.2) is 18.1 Å². The van der Waals surface area contributed by atoms with E-state index in [0.29, 0.717) is 16.7 Å². The van der Waals surface area contributed by atoms with Gasteiger partial charge in [-0.05, 0) is 30.2 Å². The van der Waals surface area contributed by atoms with E-state index in [4.69, 9.17) is 0 Å². The average Bonchev–Trinajstić information content (AvgIpc) is 3.18. The van der Waals surface area contributed by atoms with Crippen LogP contribution in [0, 0.1) is 5.92 Å². The molecule has 2 aromatic heterocycles. The number of piperidine rings is 1. The first kappa shape index (κ1) is 15.0. The summed E-state index contributed by atoms with van der Waals surface area (Å²) < 4.78 is 27.4. The summed E-state index contributed by atoms with van der Waals surface area (Å²) in [5.74, 6) is 0.331. The van der Waals surface area contributed by atoms with Gasteiger partial charge in [-0.3, -0.25) is 0 Å². The van der Waals surface area contributed by atoms with Crippen molar-refractivity contribution >= 4 is 37.8 Å². The second-order valence-corrected chi connectivity index (χ2v) is 8.87. The van der Waals surface area contributed by atoms with Gasteiger partial charge in [-0.2, -0.15) is 0 Å². The number of sulfonamides is 1. The van der Waals surface area contributed by atoms with E-state index in [9.17, 15) is 8.42 Å². The predicted molar refractivity (Wildman–Crippen MR) is 86.6 cm³/mol. The van der Waals surface area contributed by atoms with Crippen molar-refractivity contribution in [2.24, 2.45) is 5.92 Å². The number of nitrogens with zero attached hydrogens (tertiary/aromatic N) is 2. The molecule has 1 aliphatic heterocycles. The van der Waals surface area contributed by atoms with Crippen LogP contribution in [0.25, 0.3) is 0 Å². The topological polar surface area (TPSA) is 62.3 Å². The van der Waals surface area contributed by atoms with E-state index >= 15 is 0 Å². The highest BCUT2D eigenvalue weighted by Crippen LogP contribution is 2.25. The smallest absolute Gasteiger partial charge is 0.250 e. The van der Waals surface area contributed by atoms with Gasteiger partial charge in [0.1, 0.15) is 4.21 Å². The lowest BCUT2D eigenvalue weighted by Gasteiger charge is -2.32. The number of anilines is 1. The Morgan fingerprint density at radius 2 is 2.29 bits per heavy atom. The maximum absolute atomic E-state index is 12.1. The molecule has 2 aromatic rings. The zero-order valence-corrected chi connectivity index (χ0v) is 13.9. The summed E-state index contributed by atoms with van der Waals surface area (Å²) in [5, 5.41) is 4.78. The largest absolute Gasteiger partial charge is 0.348 e. The van der Waals surface area contributed by atoms with Crippen LogP contribution in [0.3, 0.4) is 0 Å². The number of aromatic nitrogens is 1. The van der Waals surface area contributed by atoms with Crippen molar-refractivity contribution in [3.8, 4) is 0 Å². The van der Waals surface area contributed by atoms with Gasteiger partial charge in [0.25, 0.3) is 0 Å². The molecule has 114 valence electrons. The molecule has 1 atom stereocenters. The van der Waals surface area contributed by atoms with Crippen molar-refractivity contribution in [1.82, 2.24) is 9.71 Å². The third-order valence-corrected chi connectivity index (χ3v) is 7.18. The van der Waals surface area contributed by atoms with Crippen LogP contribution in [0.5, 0.6) is 0 Å². The Labute approximate surface area is 132 Å². The van der Waals surface area contributed by atoms with Crippen molar-refractivity contribution in [3.63, 3.8) is 0 Å². The fraction of sp³-hybridized carbons (Fsp3) is 0.462. The maximum Gasteiger partial charge on any atom is 0.250 e. The maximum atomic E-state index is 12.1. The van der Waals surface area contributed by atoms with Gasteiger partial charge < -0.3 is 4.90 Å². The molecule has 21 heavy (non-hydrogen) atoms. The summed E-state index contributed by atoms with van der Waals surface area (Å²) >= 11 is 2.88. The highest BCUT2D eigenvalue weighted by molar-refractivity contribution is 7.91. The van der Waals surface area contributed by atoms with Gasteiger partial charge in [0, 0.05) is 31.2 Å². The molecule has 5 nitrogen and oxygen atoms in total. The molecule has 0 bridgehead atoms. The van der Waals surface area contributed by atoms with Crippen molar-refractivity contribution < 1.29 is 8.42 Å². The molecule has 3 heterocycles. The summed E-state index contributed by atoms with van der Waals surface area (Å²) in [5.41, 5.74) is 0. The van der Waals surface area contributed by atoms with Crippen LogP contribution < -0.4 is 9.62 Å². The normalized spacial score (nSPS) is 19.8. The first-order chi connectivity index (χ1) is 10.1. The molecule has 1 saturated heterocycles. The highest BCUT2D eigenvalue weighted by Gasteiger charge is 2.23. The van der Waals surface area contributed by atoms with E-state index in [1.54, 1.807) is 28.8 Å². The molecule has 1 fully saturated rings. The average molecular weight is 343 g/mol. The zero-order valence-electron chi connectivity index (χ0n) is 11.4. The number of hydrogen-bond donors (Lipinski definition) is 1. The Hall–Kier alpha value is -0.960. The van der Waals surface area contributed by atoms with Gasteiger partial charge in [0.2, 0.25) is 10.0 Å². The van der Waals surface area contributed by atoms with Crippen LogP contribution in [0.1, 0.15) is 12.8 Å². The Balaban J connectivity index is 1.58. The minimum absolute atomic E-state index is 0.331. The van der Waals surface area contributed by atoms with E-state index in [2.05, 4.69) is 14.6 Å². The van der Waals surface area contributed by atoms with Crippen LogP contribution in [-0.4, -0.2) is 33.0 Å². The lowest BCUT2D eigenvalue weighted by atomic mass is 9.99. The summed E-state index contributed by atoms with van der Waals surface area (Å²) in [7, 11) is -3.35. The number of thiophene rings is 1. The molecule has 3 rings (SSSR count). The van der Waals surface area contributed by atoms with Crippen molar-refractivity contribution in [2.75, 3.05) is 24.5 Å². The summed E-state index contributed by atoms with van der Waals surface area (Å²) in [6.45, 7) is 2.35. The SMILES string of the molecule is O=S(=O)(NC[C@@H]1CCCN(c2nccs2)C1)c1cccs1. The fourth-order valence-electron chi connectivity index (χ4n) is 2.49. The van der Waals surface area contributed by atoms with Gasteiger partial charge in [0.15, 0.2) is 5.13 Å². The monoisotopic (exact) mass is 343 g/mol. The lowest BCUT2D eigenvalue weighted by molar-refractivity contribution is 0.411. The molecule has 0 amide bonds. The van der Waals surface area contributed by atoms with E-state index in [1.165, 1.54) is 11.3 Å². The first-order valence-corrected chi connectivity index (χ1v) is 10.1. The minimum atomic E-state index is -3.35. The van der Waals surface area contributed by atoms with Crippen LogP contribution in [0.2, 0.25) is 0 Å². The van der Waals surface area contributed by atoms with Gasteiger partial charge in [-0.15, -0.1) is 22.7 Å². The molecule has 8 heteroatoms. The molecule has 1 aliphatic rings. The Kier molecular flexibility index (Phi) is 4.58. The first-order valence-electron chi connectivity index (χ1n) is 6.83. The zero-order chi connectivity index (χ0) is 14.7. The third kappa shape index (κ3) is 3.63. The summed E-state index contributed by atoms with van der Waals surface area (Å²) in [4.78, 5) is 6.58. The van der Waals surface area contributed by atoms with Crippen molar-refractivity contribution in [3.05, 3.63) is 29.1 Å². The van der Waals surface area contributed by atoms with E-state index in [0.717, 1.165) is 31.1 Å². The van der Waals surface area contributed by atoms with Crippen LogP contribution in [0.15, 0.2) is 33.3 Å². The van der Waals surface area contributed by atoms with E-state index in [1.807, 2.05) is 11.6 Å². The van der Waals surface area contributed by atoms with Gasteiger partial charge >= 0.3 is 0 Å². The molecular formula is C13H17N3O2S3. The second kappa shape index (κ2) is 6.43. The lowest BCUT2D eigenvalue weighted by Crippen LogP contribution is -2.40. The Bertz CT molecular complexity index is 653.